The lowest BCUT2D eigenvalue weighted by Gasteiger charge is -2.28. The zero-order valence-electron chi connectivity index (χ0n) is 29.7. The van der Waals surface area contributed by atoms with E-state index in [1.54, 1.807) is 0 Å². The van der Waals surface area contributed by atoms with Gasteiger partial charge in [-0.2, -0.15) is 0 Å². The molecular weight excluding hydrogens is 673 g/mol. The smallest absolute Gasteiger partial charge is 0.227 e. The number of fused-ring (bicyclic) bond motifs is 6. The van der Waals surface area contributed by atoms with E-state index < -0.39 is 0 Å². The van der Waals surface area contributed by atoms with Crippen LogP contribution in [-0.2, 0) is 0 Å². The van der Waals surface area contributed by atoms with Gasteiger partial charge in [0.25, 0.3) is 0 Å². The van der Waals surface area contributed by atoms with Crippen LogP contribution in [0.25, 0.3) is 88.3 Å². The van der Waals surface area contributed by atoms with Crippen molar-refractivity contribution in [1.29, 1.82) is 0 Å². The number of rotatable bonds is 6. The number of hydrogen-bond donors (Lipinski definition) is 0. The number of nitrogens with zero attached hydrogens (tertiary/aromatic N) is 2. The van der Waals surface area contributed by atoms with Crippen LogP contribution in [0.2, 0.25) is 0 Å². The van der Waals surface area contributed by atoms with Gasteiger partial charge in [0, 0.05) is 27.7 Å². The van der Waals surface area contributed by atoms with Crippen molar-refractivity contribution in [2.24, 2.45) is 0 Å². The molecule has 0 spiro atoms. The molecule has 0 atom stereocenters. The quantitative estimate of drug-likeness (QED) is 0.173. The molecule has 55 heavy (non-hydrogen) atoms. The molecule has 0 N–H and O–H groups in total. The van der Waals surface area contributed by atoms with Crippen LogP contribution in [0.5, 0.6) is 0 Å². The number of oxazole rings is 1. The highest BCUT2D eigenvalue weighted by Crippen LogP contribution is 2.48. The molecule has 9 aromatic carbocycles. The van der Waals surface area contributed by atoms with Crippen LogP contribution in [0, 0.1) is 0 Å². The Morgan fingerprint density at radius 2 is 0.982 bits per heavy atom. The number of furan rings is 1. The molecule has 0 aliphatic heterocycles. The van der Waals surface area contributed by atoms with Gasteiger partial charge in [0.1, 0.15) is 16.7 Å². The molecule has 0 fully saturated rings. The summed E-state index contributed by atoms with van der Waals surface area (Å²) in [5.74, 6) is 0.570. The molecule has 4 nitrogen and oxygen atoms in total. The first kappa shape index (κ1) is 31.1. The molecule has 11 rings (SSSR count). The van der Waals surface area contributed by atoms with E-state index in [4.69, 9.17) is 13.8 Å². The number of anilines is 3. The molecule has 0 aliphatic rings. The molecule has 0 unspecified atom stereocenters. The molecule has 0 saturated heterocycles. The number of aromatic nitrogens is 1. The summed E-state index contributed by atoms with van der Waals surface area (Å²) in [5.41, 5.74) is 11.9. The lowest BCUT2D eigenvalue weighted by atomic mass is 9.98. The van der Waals surface area contributed by atoms with Crippen LogP contribution >= 0.6 is 0 Å². The zero-order valence-corrected chi connectivity index (χ0v) is 29.7. The Hall–Kier alpha value is -7.43. The van der Waals surface area contributed by atoms with E-state index in [-0.39, 0.29) is 0 Å². The van der Waals surface area contributed by atoms with Crippen molar-refractivity contribution in [2.75, 3.05) is 4.90 Å². The third-order valence-corrected chi connectivity index (χ3v) is 10.7. The zero-order chi connectivity index (χ0) is 36.3. The second kappa shape index (κ2) is 12.6. The normalized spacial score (nSPS) is 11.6. The number of benzene rings is 9. The van der Waals surface area contributed by atoms with Gasteiger partial charge in [-0.15, -0.1) is 0 Å². The molecule has 0 bridgehead atoms. The minimum Gasteiger partial charge on any atom is -0.456 e. The predicted octanol–water partition coefficient (Wildman–Crippen LogP) is 14.5. The standard InChI is InChI=1S/C51H32N2O2/c1-2-10-33(11-3-1)35-20-25-41(26-21-35)53(42-27-22-36(23-28-42)38-19-18-34-12-4-5-13-37(34)30-38)50-43-15-7-6-14-39(43)31-48-49(50)44-29-24-40(32-47(44)54-48)51-52-45-16-8-9-17-46(45)55-51/h1-32H. The summed E-state index contributed by atoms with van der Waals surface area (Å²) in [4.78, 5) is 7.15. The largest absolute Gasteiger partial charge is 0.456 e. The summed E-state index contributed by atoms with van der Waals surface area (Å²) in [5, 5.41) is 6.76. The van der Waals surface area contributed by atoms with Crippen LogP contribution in [0.1, 0.15) is 0 Å². The highest BCUT2D eigenvalue weighted by molar-refractivity contribution is 6.22. The second-order valence-corrected chi connectivity index (χ2v) is 14.0. The maximum Gasteiger partial charge on any atom is 0.227 e. The van der Waals surface area contributed by atoms with E-state index in [0.29, 0.717) is 5.89 Å². The number of hydrogen-bond acceptors (Lipinski definition) is 4. The molecule has 4 heteroatoms. The van der Waals surface area contributed by atoms with Gasteiger partial charge in [0.05, 0.1) is 11.1 Å². The van der Waals surface area contributed by atoms with Gasteiger partial charge in [0.2, 0.25) is 5.89 Å². The van der Waals surface area contributed by atoms with Crippen LogP contribution in [-0.4, -0.2) is 4.98 Å². The fourth-order valence-corrected chi connectivity index (χ4v) is 7.95. The second-order valence-electron chi connectivity index (χ2n) is 14.0. The van der Waals surface area contributed by atoms with Crippen molar-refractivity contribution < 1.29 is 8.83 Å². The SMILES string of the molecule is c1ccc(-c2ccc(N(c3ccc(-c4ccc5ccccc5c4)cc3)c3c4ccccc4cc4oc5cc(-c6nc7ccccc7o6)ccc5c34)cc2)cc1. The minimum absolute atomic E-state index is 0.570. The molecule has 0 aliphatic carbocycles. The van der Waals surface area contributed by atoms with Gasteiger partial charge >= 0.3 is 0 Å². The van der Waals surface area contributed by atoms with Crippen molar-refractivity contribution in [3.05, 3.63) is 194 Å². The third-order valence-electron chi connectivity index (χ3n) is 10.7. The maximum absolute atomic E-state index is 6.75. The first-order valence-electron chi connectivity index (χ1n) is 18.5. The summed E-state index contributed by atoms with van der Waals surface area (Å²) < 4.78 is 12.9. The Kier molecular flexibility index (Phi) is 7.14. The van der Waals surface area contributed by atoms with E-state index in [9.17, 15) is 0 Å². The average Bonchev–Trinajstić information content (AvgIpc) is 3.85. The molecule has 11 aromatic rings. The summed E-state index contributed by atoms with van der Waals surface area (Å²) >= 11 is 0. The van der Waals surface area contributed by atoms with Crippen molar-refractivity contribution in [3.63, 3.8) is 0 Å². The molecule has 0 saturated carbocycles. The Morgan fingerprint density at radius 3 is 1.76 bits per heavy atom. The van der Waals surface area contributed by atoms with Crippen molar-refractivity contribution >= 4 is 71.6 Å². The lowest BCUT2D eigenvalue weighted by molar-refractivity contribution is 0.619. The van der Waals surface area contributed by atoms with E-state index >= 15 is 0 Å². The molecular formula is C51H32N2O2. The Labute approximate surface area is 317 Å². The lowest BCUT2D eigenvalue weighted by Crippen LogP contribution is -2.11. The Bertz CT molecular complexity index is 3160. The highest BCUT2D eigenvalue weighted by Gasteiger charge is 2.23. The Balaban J connectivity index is 1.12. The first-order valence-corrected chi connectivity index (χ1v) is 18.5. The summed E-state index contributed by atoms with van der Waals surface area (Å²) in [6.07, 6.45) is 0. The van der Waals surface area contributed by atoms with E-state index in [2.05, 4.69) is 169 Å². The summed E-state index contributed by atoms with van der Waals surface area (Å²) in [6.45, 7) is 0. The van der Waals surface area contributed by atoms with Crippen LogP contribution in [0.4, 0.5) is 17.1 Å². The van der Waals surface area contributed by atoms with Gasteiger partial charge in [-0.25, -0.2) is 4.98 Å². The van der Waals surface area contributed by atoms with Gasteiger partial charge < -0.3 is 13.7 Å². The monoisotopic (exact) mass is 704 g/mol. The van der Waals surface area contributed by atoms with Crippen LogP contribution in [0.15, 0.2) is 203 Å². The fourth-order valence-electron chi connectivity index (χ4n) is 7.95. The summed E-state index contributed by atoms with van der Waals surface area (Å²) in [7, 11) is 0. The number of para-hydroxylation sites is 2. The van der Waals surface area contributed by atoms with E-state index in [0.717, 1.165) is 72.0 Å². The topological polar surface area (TPSA) is 42.4 Å². The van der Waals surface area contributed by atoms with Crippen LogP contribution < -0.4 is 4.90 Å². The molecule has 0 amide bonds. The Morgan fingerprint density at radius 1 is 0.364 bits per heavy atom. The van der Waals surface area contributed by atoms with Gasteiger partial charge in [-0.05, 0) is 105 Å². The average molecular weight is 705 g/mol. The van der Waals surface area contributed by atoms with Crippen molar-refractivity contribution in [1.82, 2.24) is 4.98 Å². The fraction of sp³-hybridized carbons (Fsp3) is 0. The van der Waals surface area contributed by atoms with E-state index in [1.807, 2.05) is 30.3 Å². The maximum atomic E-state index is 6.75. The van der Waals surface area contributed by atoms with Crippen molar-refractivity contribution in [2.45, 2.75) is 0 Å². The molecule has 258 valence electrons. The van der Waals surface area contributed by atoms with E-state index in [1.165, 1.54) is 27.5 Å². The third kappa shape index (κ3) is 5.34. The van der Waals surface area contributed by atoms with Gasteiger partial charge in [0.15, 0.2) is 5.58 Å². The molecule has 2 heterocycles. The predicted molar refractivity (Wildman–Crippen MR) is 227 cm³/mol. The minimum atomic E-state index is 0.570. The van der Waals surface area contributed by atoms with Gasteiger partial charge in [-0.3, -0.25) is 0 Å². The van der Waals surface area contributed by atoms with Crippen LogP contribution in [0.3, 0.4) is 0 Å². The molecule has 0 radical (unpaired) electrons. The first-order chi connectivity index (χ1) is 27.2. The van der Waals surface area contributed by atoms with Gasteiger partial charge in [-0.1, -0.05) is 127 Å². The molecule has 2 aromatic heterocycles. The van der Waals surface area contributed by atoms with Crippen molar-refractivity contribution in [3.8, 4) is 33.7 Å². The summed E-state index contributed by atoms with van der Waals surface area (Å²) in [6, 6.07) is 68.4. The highest BCUT2D eigenvalue weighted by atomic mass is 16.3.